The SMILES string of the molecule is CC(C1=CC(=Cc2cc(C(C)c3ccccc3)c(O)c(C(C)c3ccccc3)c2)C=C(C(C)c2ccccc2)C1=O)c1ccccc1. The number of carbonyl (C=O) groups is 1. The number of aromatic hydroxyl groups is 1. The van der Waals surface area contributed by atoms with Crippen LogP contribution < -0.4 is 0 Å². The molecule has 2 heteroatoms. The zero-order valence-corrected chi connectivity index (χ0v) is 27.6. The molecular formula is C45H42O2. The highest BCUT2D eigenvalue weighted by molar-refractivity contribution is 6.12. The van der Waals surface area contributed by atoms with E-state index in [-0.39, 0.29) is 29.5 Å². The van der Waals surface area contributed by atoms with Crippen LogP contribution >= 0.6 is 0 Å². The second-order valence-electron chi connectivity index (χ2n) is 12.8. The maximum Gasteiger partial charge on any atom is 0.186 e. The van der Waals surface area contributed by atoms with Gasteiger partial charge in [0.1, 0.15) is 5.75 Å². The maximum atomic E-state index is 14.2. The van der Waals surface area contributed by atoms with Crippen LogP contribution in [0.1, 0.15) is 90.3 Å². The summed E-state index contributed by atoms with van der Waals surface area (Å²) in [6, 6.07) is 45.4. The Morgan fingerprint density at radius 2 is 0.809 bits per heavy atom. The van der Waals surface area contributed by atoms with Crippen LogP contribution in [0.15, 0.2) is 162 Å². The predicted molar refractivity (Wildman–Crippen MR) is 195 cm³/mol. The van der Waals surface area contributed by atoms with E-state index in [2.05, 4.69) is 107 Å². The van der Waals surface area contributed by atoms with E-state index in [0.29, 0.717) is 5.75 Å². The highest BCUT2D eigenvalue weighted by Gasteiger charge is 2.29. The van der Waals surface area contributed by atoms with Crippen molar-refractivity contribution in [1.29, 1.82) is 0 Å². The molecule has 234 valence electrons. The molecule has 0 aromatic heterocycles. The number of ketones is 1. The summed E-state index contributed by atoms with van der Waals surface area (Å²) in [5.74, 6) is 0.260. The fourth-order valence-electron chi connectivity index (χ4n) is 6.75. The molecule has 0 spiro atoms. The number of phenolic OH excluding ortho intramolecular Hbond substituents is 1. The Hall–Kier alpha value is -5.21. The normalized spacial score (nSPS) is 15.7. The standard InChI is InChI=1S/C45H42O2/c1-30(36-17-9-5-10-18-36)40-26-34(27-41(44(40)46)31(2)37-19-11-6-12-20-37)25-35-28-42(32(3)38-21-13-7-14-22-38)45(47)43(29-35)33(4)39-23-15-8-16-24-39/h5-33,46H,1-4H3. The molecule has 5 aromatic carbocycles. The molecule has 1 aliphatic carbocycles. The zero-order valence-electron chi connectivity index (χ0n) is 27.6. The average Bonchev–Trinajstić information content (AvgIpc) is 3.13. The van der Waals surface area contributed by atoms with Crippen molar-refractivity contribution >= 4 is 11.9 Å². The summed E-state index contributed by atoms with van der Waals surface area (Å²) < 4.78 is 0. The third-order valence-corrected chi connectivity index (χ3v) is 9.76. The van der Waals surface area contributed by atoms with Gasteiger partial charge < -0.3 is 5.11 Å². The average molecular weight is 615 g/mol. The minimum Gasteiger partial charge on any atom is -0.507 e. The predicted octanol–water partition coefficient (Wildman–Crippen LogP) is 11.1. The minimum absolute atomic E-state index is 0.0161. The quantitative estimate of drug-likeness (QED) is 0.179. The first-order valence-electron chi connectivity index (χ1n) is 16.6. The molecule has 6 rings (SSSR count). The monoisotopic (exact) mass is 614 g/mol. The van der Waals surface area contributed by atoms with E-state index in [1.807, 2.05) is 72.8 Å². The summed E-state index contributed by atoms with van der Waals surface area (Å²) in [5, 5.41) is 11.8. The third-order valence-electron chi connectivity index (χ3n) is 9.76. The van der Waals surface area contributed by atoms with Crippen molar-refractivity contribution in [3.05, 3.63) is 201 Å². The van der Waals surface area contributed by atoms with Crippen molar-refractivity contribution in [2.24, 2.45) is 0 Å². The first kappa shape index (κ1) is 31.8. The molecule has 2 nitrogen and oxygen atoms in total. The van der Waals surface area contributed by atoms with Crippen LogP contribution in [0.4, 0.5) is 0 Å². The molecule has 4 atom stereocenters. The number of carbonyl (C=O) groups excluding carboxylic acids is 1. The van der Waals surface area contributed by atoms with E-state index in [1.54, 1.807) is 0 Å². The number of hydrogen-bond acceptors (Lipinski definition) is 2. The molecule has 1 aliphatic rings. The Balaban J connectivity index is 1.51. The summed E-state index contributed by atoms with van der Waals surface area (Å²) >= 11 is 0. The lowest BCUT2D eigenvalue weighted by Crippen LogP contribution is -2.19. The lowest BCUT2D eigenvalue weighted by Gasteiger charge is -2.25. The smallest absolute Gasteiger partial charge is 0.186 e. The summed E-state index contributed by atoms with van der Waals surface area (Å²) in [7, 11) is 0. The molecule has 5 aromatic rings. The van der Waals surface area contributed by atoms with E-state index in [9.17, 15) is 9.90 Å². The number of phenols is 1. The van der Waals surface area contributed by atoms with Gasteiger partial charge in [-0.15, -0.1) is 0 Å². The van der Waals surface area contributed by atoms with Gasteiger partial charge in [-0.05, 0) is 63.8 Å². The molecule has 0 bridgehead atoms. The van der Waals surface area contributed by atoms with Gasteiger partial charge >= 0.3 is 0 Å². The van der Waals surface area contributed by atoms with Crippen LogP contribution in [0.3, 0.4) is 0 Å². The number of Topliss-reactive ketones (excluding diaryl/α,β-unsaturated/α-hetero) is 1. The third kappa shape index (κ3) is 6.83. The molecule has 0 fully saturated rings. The molecule has 0 aliphatic heterocycles. The Bertz CT molecular complexity index is 1800. The Morgan fingerprint density at radius 3 is 1.15 bits per heavy atom. The highest BCUT2D eigenvalue weighted by atomic mass is 16.3. The van der Waals surface area contributed by atoms with Gasteiger partial charge in [0, 0.05) is 45.9 Å². The fourth-order valence-corrected chi connectivity index (χ4v) is 6.75. The molecule has 0 heterocycles. The minimum atomic E-state index is -0.0686. The van der Waals surface area contributed by atoms with Crippen LogP contribution in [-0.4, -0.2) is 10.9 Å². The lowest BCUT2D eigenvalue weighted by molar-refractivity contribution is -0.112. The number of rotatable bonds is 9. The summed E-state index contributed by atoms with van der Waals surface area (Å²) in [5.41, 5.74) is 9.84. The van der Waals surface area contributed by atoms with Gasteiger partial charge in [-0.25, -0.2) is 0 Å². The van der Waals surface area contributed by atoms with E-state index in [0.717, 1.165) is 55.7 Å². The summed E-state index contributed by atoms with van der Waals surface area (Å²) in [6.07, 6.45) is 6.30. The molecule has 0 saturated carbocycles. The second kappa shape index (κ2) is 14.1. The topological polar surface area (TPSA) is 37.3 Å². The maximum absolute atomic E-state index is 14.2. The van der Waals surface area contributed by atoms with Gasteiger partial charge in [0.25, 0.3) is 0 Å². The van der Waals surface area contributed by atoms with Gasteiger partial charge in [0.05, 0.1) is 0 Å². The first-order valence-corrected chi connectivity index (χ1v) is 16.6. The van der Waals surface area contributed by atoms with Crippen LogP contribution in [-0.2, 0) is 4.79 Å². The Kier molecular flexibility index (Phi) is 9.50. The van der Waals surface area contributed by atoms with Crippen molar-refractivity contribution in [1.82, 2.24) is 0 Å². The van der Waals surface area contributed by atoms with E-state index in [4.69, 9.17) is 0 Å². The van der Waals surface area contributed by atoms with Crippen molar-refractivity contribution in [2.75, 3.05) is 0 Å². The van der Waals surface area contributed by atoms with Gasteiger partial charge in [0.15, 0.2) is 5.78 Å². The van der Waals surface area contributed by atoms with Crippen LogP contribution in [0.5, 0.6) is 5.75 Å². The summed E-state index contributed by atoms with van der Waals surface area (Å²) in [6.45, 7) is 8.53. The second-order valence-corrected chi connectivity index (χ2v) is 12.8. The largest absolute Gasteiger partial charge is 0.507 e. The number of allylic oxidation sites excluding steroid dienone is 5. The van der Waals surface area contributed by atoms with E-state index < -0.39 is 0 Å². The molecule has 0 saturated heterocycles. The van der Waals surface area contributed by atoms with Gasteiger partial charge in [-0.3, -0.25) is 4.79 Å². The van der Waals surface area contributed by atoms with Gasteiger partial charge in [-0.1, -0.05) is 149 Å². The number of benzene rings is 5. The van der Waals surface area contributed by atoms with Crippen molar-refractivity contribution in [3.63, 3.8) is 0 Å². The Morgan fingerprint density at radius 1 is 0.489 bits per heavy atom. The molecule has 0 amide bonds. The van der Waals surface area contributed by atoms with Crippen molar-refractivity contribution in [2.45, 2.75) is 51.4 Å². The lowest BCUT2D eigenvalue weighted by atomic mass is 9.77. The van der Waals surface area contributed by atoms with Crippen LogP contribution in [0.25, 0.3) is 6.08 Å². The zero-order chi connectivity index (χ0) is 32.9. The number of hydrogen-bond donors (Lipinski definition) is 1. The molecule has 0 radical (unpaired) electrons. The van der Waals surface area contributed by atoms with E-state index >= 15 is 0 Å². The first-order chi connectivity index (χ1) is 22.8. The van der Waals surface area contributed by atoms with Crippen molar-refractivity contribution in [3.8, 4) is 5.75 Å². The molecule has 4 unspecified atom stereocenters. The molecule has 47 heavy (non-hydrogen) atoms. The van der Waals surface area contributed by atoms with Crippen molar-refractivity contribution < 1.29 is 9.90 Å². The molecular weight excluding hydrogens is 572 g/mol. The summed E-state index contributed by atoms with van der Waals surface area (Å²) in [4.78, 5) is 14.2. The van der Waals surface area contributed by atoms with Crippen LogP contribution in [0.2, 0.25) is 0 Å². The van der Waals surface area contributed by atoms with Crippen LogP contribution in [0, 0.1) is 0 Å². The molecule has 1 N–H and O–H groups in total. The van der Waals surface area contributed by atoms with E-state index in [1.165, 1.54) is 0 Å². The highest BCUT2D eigenvalue weighted by Crippen LogP contribution is 2.41. The Labute approximate surface area is 279 Å². The fraction of sp³-hybridized carbons (Fsp3) is 0.178. The van der Waals surface area contributed by atoms with Gasteiger partial charge in [-0.2, -0.15) is 0 Å². The van der Waals surface area contributed by atoms with Gasteiger partial charge in [0.2, 0.25) is 0 Å².